The molecule has 7 nitrogen and oxygen atoms in total. The van der Waals surface area contributed by atoms with E-state index in [0.717, 1.165) is 0 Å². The second-order valence-electron chi connectivity index (χ2n) is 6.00. The Morgan fingerprint density at radius 2 is 2.00 bits per heavy atom. The maximum atomic E-state index is 13.0. The van der Waals surface area contributed by atoms with Gasteiger partial charge in [0.25, 0.3) is 11.6 Å². The van der Waals surface area contributed by atoms with Gasteiger partial charge in [0.2, 0.25) is 0 Å². The Morgan fingerprint density at radius 1 is 1.25 bits per heavy atom. The Kier molecular flexibility index (Phi) is 5.83. The maximum Gasteiger partial charge on any atom is 0.271 e. The summed E-state index contributed by atoms with van der Waals surface area (Å²) in [5.74, 6) is -0.448. The van der Waals surface area contributed by atoms with E-state index in [2.05, 4.69) is 16.0 Å². The van der Waals surface area contributed by atoms with Gasteiger partial charge in [0.15, 0.2) is 5.11 Å². The molecule has 1 heterocycles. The number of allylic oxidation sites excluding steroid dienone is 1. The van der Waals surface area contributed by atoms with Crippen molar-refractivity contribution in [1.29, 1.82) is 0 Å². The lowest BCUT2D eigenvalue weighted by molar-refractivity contribution is -0.384. The van der Waals surface area contributed by atoms with Crippen LogP contribution < -0.4 is 16.0 Å². The number of thiocarbonyl (C=S) groups is 1. The van der Waals surface area contributed by atoms with Gasteiger partial charge in [0, 0.05) is 33.6 Å². The van der Waals surface area contributed by atoms with Crippen LogP contribution in [0.15, 0.2) is 53.7 Å². The van der Waals surface area contributed by atoms with Crippen molar-refractivity contribution in [3.05, 3.63) is 79.5 Å². The summed E-state index contributed by atoms with van der Waals surface area (Å²) < 4.78 is 0. The molecule has 0 fully saturated rings. The van der Waals surface area contributed by atoms with Gasteiger partial charge < -0.3 is 16.0 Å². The van der Waals surface area contributed by atoms with Crippen LogP contribution in [-0.4, -0.2) is 15.9 Å². The number of non-ortho nitro benzene ring substituents is 1. The minimum atomic E-state index is -0.614. The van der Waals surface area contributed by atoms with Gasteiger partial charge in [0.05, 0.1) is 16.5 Å². The van der Waals surface area contributed by atoms with E-state index in [0.29, 0.717) is 37.7 Å². The fourth-order valence-corrected chi connectivity index (χ4v) is 3.65. The molecule has 1 aliphatic heterocycles. The Hall–Kier alpha value is -2.68. The molecule has 0 saturated heterocycles. The largest absolute Gasteiger partial charge is 0.351 e. The number of nitro benzene ring substituents is 1. The number of amides is 1. The molecule has 1 unspecified atom stereocenters. The summed E-state index contributed by atoms with van der Waals surface area (Å²) in [6.45, 7) is 1.71. The van der Waals surface area contributed by atoms with E-state index in [-0.39, 0.29) is 5.69 Å². The third kappa shape index (κ3) is 4.24. The number of rotatable bonds is 4. The lowest BCUT2D eigenvalue weighted by atomic mass is 9.95. The fourth-order valence-electron chi connectivity index (χ4n) is 2.86. The van der Waals surface area contributed by atoms with E-state index in [1.807, 2.05) is 0 Å². The molecular weight excluding hydrogens is 423 g/mol. The van der Waals surface area contributed by atoms with Crippen molar-refractivity contribution >= 4 is 57.8 Å². The number of nitro groups is 1. The monoisotopic (exact) mass is 436 g/mol. The van der Waals surface area contributed by atoms with Gasteiger partial charge in [-0.25, -0.2) is 0 Å². The Bertz CT molecular complexity index is 1030. The van der Waals surface area contributed by atoms with E-state index >= 15 is 0 Å². The molecule has 1 amide bonds. The highest BCUT2D eigenvalue weighted by Crippen LogP contribution is 2.33. The van der Waals surface area contributed by atoms with Crippen LogP contribution in [0.5, 0.6) is 0 Å². The number of hydrogen-bond acceptors (Lipinski definition) is 4. The first kappa shape index (κ1) is 20.1. The van der Waals surface area contributed by atoms with Gasteiger partial charge in [-0.15, -0.1) is 0 Å². The Morgan fingerprint density at radius 3 is 2.68 bits per heavy atom. The summed E-state index contributed by atoms with van der Waals surface area (Å²) >= 11 is 17.5. The number of benzene rings is 2. The highest BCUT2D eigenvalue weighted by molar-refractivity contribution is 7.80. The molecule has 2 aromatic carbocycles. The van der Waals surface area contributed by atoms with E-state index < -0.39 is 16.9 Å². The maximum absolute atomic E-state index is 13.0. The van der Waals surface area contributed by atoms with Crippen LogP contribution >= 0.6 is 35.4 Å². The lowest BCUT2D eigenvalue weighted by Gasteiger charge is -2.31. The number of hydrogen-bond donors (Lipinski definition) is 3. The zero-order chi connectivity index (χ0) is 20.4. The molecule has 0 bridgehead atoms. The molecule has 0 saturated carbocycles. The smallest absolute Gasteiger partial charge is 0.271 e. The summed E-state index contributed by atoms with van der Waals surface area (Å²) in [6, 6.07) is 10.0. The molecule has 2 aromatic rings. The zero-order valence-electron chi connectivity index (χ0n) is 14.5. The highest BCUT2D eigenvalue weighted by Gasteiger charge is 2.31. The van der Waals surface area contributed by atoms with E-state index in [9.17, 15) is 14.9 Å². The Labute approximate surface area is 175 Å². The van der Waals surface area contributed by atoms with E-state index in [1.165, 1.54) is 18.2 Å². The lowest BCUT2D eigenvalue weighted by Crippen LogP contribution is -2.45. The zero-order valence-corrected chi connectivity index (χ0v) is 16.8. The number of carbonyl (C=O) groups is 1. The van der Waals surface area contributed by atoms with Crippen LogP contribution in [0.3, 0.4) is 0 Å². The Balaban J connectivity index is 1.97. The first-order chi connectivity index (χ1) is 13.3. The van der Waals surface area contributed by atoms with Crippen LogP contribution in [0.1, 0.15) is 18.5 Å². The summed E-state index contributed by atoms with van der Waals surface area (Å²) in [5, 5.41) is 20.8. The van der Waals surface area contributed by atoms with Gasteiger partial charge in [-0.1, -0.05) is 35.3 Å². The number of carbonyl (C=O) groups excluding carboxylic acids is 1. The summed E-state index contributed by atoms with van der Waals surface area (Å²) in [4.78, 5) is 23.4. The topological polar surface area (TPSA) is 96.3 Å². The summed E-state index contributed by atoms with van der Waals surface area (Å²) in [6.07, 6.45) is 0. The molecule has 144 valence electrons. The van der Waals surface area contributed by atoms with Crippen molar-refractivity contribution in [3.8, 4) is 0 Å². The number of nitrogens with zero attached hydrogens (tertiary/aromatic N) is 1. The minimum absolute atomic E-state index is 0.123. The van der Waals surface area contributed by atoms with Crippen LogP contribution in [0.4, 0.5) is 11.4 Å². The molecular formula is C18H14Cl2N4O3S. The predicted octanol–water partition coefficient (Wildman–Crippen LogP) is 4.33. The van der Waals surface area contributed by atoms with Crippen molar-refractivity contribution in [3.63, 3.8) is 0 Å². The van der Waals surface area contributed by atoms with Gasteiger partial charge >= 0.3 is 0 Å². The number of halogens is 2. The van der Waals surface area contributed by atoms with Crippen LogP contribution in [-0.2, 0) is 4.79 Å². The van der Waals surface area contributed by atoms with Crippen molar-refractivity contribution in [2.75, 3.05) is 5.32 Å². The quantitative estimate of drug-likeness (QED) is 0.374. The molecule has 1 aliphatic rings. The van der Waals surface area contributed by atoms with Gasteiger partial charge in [0.1, 0.15) is 0 Å². The van der Waals surface area contributed by atoms with Gasteiger partial charge in [-0.3, -0.25) is 14.9 Å². The second-order valence-corrected chi connectivity index (χ2v) is 7.25. The SMILES string of the molecule is CC1=C(C(=O)Nc2cccc([N+](=O)[O-])c2)C(c2ccc(Cl)cc2Cl)NC(=S)N1. The van der Waals surface area contributed by atoms with Crippen LogP contribution in [0.2, 0.25) is 10.0 Å². The number of anilines is 1. The van der Waals surface area contributed by atoms with Crippen molar-refractivity contribution in [1.82, 2.24) is 10.6 Å². The fraction of sp³-hybridized carbons (Fsp3) is 0.111. The second kappa shape index (κ2) is 8.14. The van der Waals surface area contributed by atoms with Crippen molar-refractivity contribution < 1.29 is 9.72 Å². The van der Waals surface area contributed by atoms with Gasteiger partial charge in [-0.05, 0) is 42.9 Å². The molecule has 3 rings (SSSR count). The first-order valence-electron chi connectivity index (χ1n) is 8.05. The summed E-state index contributed by atoms with van der Waals surface area (Å²) in [7, 11) is 0. The van der Waals surface area contributed by atoms with Crippen molar-refractivity contribution in [2.45, 2.75) is 13.0 Å². The third-order valence-electron chi connectivity index (χ3n) is 4.10. The van der Waals surface area contributed by atoms with E-state index in [1.54, 1.807) is 31.2 Å². The molecule has 10 heteroatoms. The normalized spacial score (nSPS) is 16.2. The third-order valence-corrected chi connectivity index (χ3v) is 4.88. The standard InChI is InChI=1S/C18H14Cl2N4O3S/c1-9-15(17(25)22-11-3-2-4-12(8-11)24(26)27)16(23-18(28)21-9)13-6-5-10(19)7-14(13)20/h2-8,16H,1H3,(H,22,25)(H2,21,23,28). The summed E-state index contributed by atoms with van der Waals surface area (Å²) in [5.41, 5.74) is 1.70. The molecule has 0 spiro atoms. The minimum Gasteiger partial charge on any atom is -0.351 e. The van der Waals surface area contributed by atoms with E-state index in [4.69, 9.17) is 35.4 Å². The van der Waals surface area contributed by atoms with Crippen LogP contribution in [0.25, 0.3) is 0 Å². The highest BCUT2D eigenvalue weighted by atomic mass is 35.5. The molecule has 0 aromatic heterocycles. The molecule has 28 heavy (non-hydrogen) atoms. The van der Waals surface area contributed by atoms with Crippen molar-refractivity contribution in [2.24, 2.45) is 0 Å². The van der Waals surface area contributed by atoms with Crippen LogP contribution in [0, 0.1) is 10.1 Å². The number of nitrogens with one attached hydrogen (secondary N) is 3. The average molecular weight is 437 g/mol. The predicted molar refractivity (Wildman–Crippen MR) is 112 cm³/mol. The van der Waals surface area contributed by atoms with Gasteiger partial charge in [-0.2, -0.15) is 0 Å². The average Bonchev–Trinajstić information content (AvgIpc) is 2.61. The molecule has 0 aliphatic carbocycles. The molecule has 0 radical (unpaired) electrons. The molecule has 3 N–H and O–H groups in total. The molecule has 1 atom stereocenters. The first-order valence-corrected chi connectivity index (χ1v) is 9.21.